The number of likely N-dealkylation sites (N-methyl/N-ethyl adjacent to an activating group) is 1. The van der Waals surface area contributed by atoms with Crippen LogP contribution in [0.2, 0.25) is 0 Å². The molecule has 154 valence electrons. The average molecular weight is 418 g/mol. The van der Waals surface area contributed by atoms with Gasteiger partial charge in [0.1, 0.15) is 5.82 Å². The molecule has 4 rings (SSSR count). The highest BCUT2D eigenvalue weighted by molar-refractivity contribution is 7.92. The Morgan fingerprint density at radius 3 is 2.34 bits per heavy atom. The Bertz CT molecular complexity index is 1030. The molecule has 2 aliphatic heterocycles. The fourth-order valence-corrected chi connectivity index (χ4v) is 5.71. The van der Waals surface area contributed by atoms with Crippen molar-refractivity contribution in [3.8, 4) is 0 Å². The number of carbonyl (C=O) groups excluding carboxylic acids is 1. The zero-order valence-corrected chi connectivity index (χ0v) is 17.3. The van der Waals surface area contributed by atoms with Crippen molar-refractivity contribution in [3.05, 3.63) is 59.4 Å². The molecule has 2 aromatic carbocycles. The minimum absolute atomic E-state index is 0.0200. The topological polar surface area (TPSA) is 60.9 Å². The van der Waals surface area contributed by atoms with Gasteiger partial charge in [-0.25, -0.2) is 12.8 Å². The van der Waals surface area contributed by atoms with Gasteiger partial charge in [0.2, 0.25) is 0 Å². The molecule has 2 aromatic rings. The van der Waals surface area contributed by atoms with E-state index in [1.807, 2.05) is 24.9 Å². The van der Waals surface area contributed by atoms with Gasteiger partial charge in [-0.3, -0.25) is 9.10 Å². The van der Waals surface area contributed by atoms with E-state index in [0.29, 0.717) is 30.8 Å². The molecular weight excluding hydrogens is 393 g/mol. The summed E-state index contributed by atoms with van der Waals surface area (Å²) in [6.07, 6.45) is 0.527. The normalized spacial score (nSPS) is 20.0. The summed E-state index contributed by atoms with van der Waals surface area (Å²) in [7, 11) is -1.78. The van der Waals surface area contributed by atoms with Gasteiger partial charge in [0.25, 0.3) is 15.9 Å². The summed E-state index contributed by atoms with van der Waals surface area (Å²) in [6, 6.07) is 9.79. The van der Waals surface area contributed by atoms with E-state index in [2.05, 4.69) is 4.90 Å². The molecule has 0 unspecified atom stereocenters. The Labute approximate surface area is 170 Å². The summed E-state index contributed by atoms with van der Waals surface area (Å²) in [5, 5.41) is 0. The van der Waals surface area contributed by atoms with Crippen LogP contribution < -0.4 is 4.31 Å². The van der Waals surface area contributed by atoms with E-state index in [1.165, 1.54) is 16.4 Å². The number of amides is 1. The maximum atomic E-state index is 13.2. The largest absolute Gasteiger partial charge is 0.336 e. The highest BCUT2D eigenvalue weighted by atomic mass is 32.2. The molecule has 0 bridgehead atoms. The van der Waals surface area contributed by atoms with Gasteiger partial charge in [-0.15, -0.1) is 0 Å². The third kappa shape index (κ3) is 3.62. The smallest absolute Gasteiger partial charge is 0.264 e. The lowest BCUT2D eigenvalue weighted by atomic mass is 10.1. The van der Waals surface area contributed by atoms with Gasteiger partial charge in [-0.2, -0.15) is 0 Å². The van der Waals surface area contributed by atoms with Crippen LogP contribution in [0.15, 0.2) is 47.4 Å². The molecule has 0 N–H and O–H groups in total. The molecule has 29 heavy (non-hydrogen) atoms. The summed E-state index contributed by atoms with van der Waals surface area (Å²) in [5.74, 6) is -0.501. The van der Waals surface area contributed by atoms with Gasteiger partial charge in [0.15, 0.2) is 0 Å². The van der Waals surface area contributed by atoms with Gasteiger partial charge in [0.05, 0.1) is 10.6 Å². The van der Waals surface area contributed by atoms with Crippen molar-refractivity contribution in [2.45, 2.75) is 24.3 Å². The summed E-state index contributed by atoms with van der Waals surface area (Å²) < 4.78 is 40.9. The van der Waals surface area contributed by atoms with E-state index in [4.69, 9.17) is 0 Å². The lowest BCUT2D eigenvalue weighted by Gasteiger charge is -2.32. The second-order valence-electron chi connectivity index (χ2n) is 7.75. The molecule has 0 aromatic heterocycles. The first-order valence-corrected chi connectivity index (χ1v) is 11.1. The molecule has 1 fully saturated rings. The number of nitrogens with zero attached hydrogens (tertiary/aromatic N) is 3. The first kappa shape index (κ1) is 19.8. The predicted octanol–water partition coefficient (Wildman–Crippen LogP) is 2.35. The van der Waals surface area contributed by atoms with Crippen molar-refractivity contribution in [2.24, 2.45) is 0 Å². The number of benzene rings is 2. The van der Waals surface area contributed by atoms with Crippen LogP contribution in [-0.2, 0) is 16.4 Å². The summed E-state index contributed by atoms with van der Waals surface area (Å²) in [4.78, 5) is 16.9. The molecule has 1 saturated heterocycles. The van der Waals surface area contributed by atoms with Crippen LogP contribution in [0.4, 0.5) is 10.1 Å². The monoisotopic (exact) mass is 417 g/mol. The molecule has 6 nitrogen and oxygen atoms in total. The predicted molar refractivity (Wildman–Crippen MR) is 109 cm³/mol. The molecule has 8 heteroatoms. The van der Waals surface area contributed by atoms with Crippen LogP contribution >= 0.6 is 0 Å². The molecule has 0 aliphatic carbocycles. The number of hydrogen-bond donors (Lipinski definition) is 0. The van der Waals surface area contributed by atoms with Crippen molar-refractivity contribution in [3.63, 3.8) is 0 Å². The highest BCUT2D eigenvalue weighted by Crippen LogP contribution is 2.37. The summed E-state index contributed by atoms with van der Waals surface area (Å²) in [5.41, 5.74) is 2.00. The van der Waals surface area contributed by atoms with Crippen molar-refractivity contribution in [1.29, 1.82) is 0 Å². The highest BCUT2D eigenvalue weighted by Gasteiger charge is 2.36. The fraction of sp³-hybridized carbons (Fsp3) is 0.381. The van der Waals surface area contributed by atoms with Gasteiger partial charge in [0, 0.05) is 37.8 Å². The molecule has 0 saturated carbocycles. The minimum atomic E-state index is -3.81. The molecule has 2 heterocycles. The van der Waals surface area contributed by atoms with Crippen molar-refractivity contribution in [2.75, 3.05) is 37.5 Å². The second kappa shape index (κ2) is 7.42. The van der Waals surface area contributed by atoms with Gasteiger partial charge >= 0.3 is 0 Å². The third-order valence-electron chi connectivity index (χ3n) is 5.64. The lowest BCUT2D eigenvalue weighted by Crippen LogP contribution is -2.47. The van der Waals surface area contributed by atoms with E-state index in [9.17, 15) is 17.6 Å². The maximum absolute atomic E-state index is 13.2. The quantitative estimate of drug-likeness (QED) is 0.769. The van der Waals surface area contributed by atoms with Crippen LogP contribution in [-0.4, -0.2) is 63.4 Å². The minimum Gasteiger partial charge on any atom is -0.336 e. The molecular formula is C21H24FN3O3S. The number of piperazine rings is 1. The number of rotatable bonds is 3. The Kier molecular flexibility index (Phi) is 5.08. The Morgan fingerprint density at radius 2 is 1.69 bits per heavy atom. The van der Waals surface area contributed by atoms with Crippen LogP contribution in [0, 0.1) is 5.82 Å². The number of anilines is 1. The first-order valence-electron chi connectivity index (χ1n) is 9.68. The van der Waals surface area contributed by atoms with Crippen LogP contribution in [0.25, 0.3) is 0 Å². The molecule has 0 spiro atoms. The molecule has 0 radical (unpaired) electrons. The summed E-state index contributed by atoms with van der Waals surface area (Å²) in [6.45, 7) is 4.90. The average Bonchev–Trinajstić information content (AvgIpc) is 3.04. The second-order valence-corrected chi connectivity index (χ2v) is 9.56. The van der Waals surface area contributed by atoms with Gasteiger partial charge in [-0.1, -0.05) is 0 Å². The first-order chi connectivity index (χ1) is 13.8. The van der Waals surface area contributed by atoms with E-state index in [1.54, 1.807) is 12.1 Å². The summed E-state index contributed by atoms with van der Waals surface area (Å²) >= 11 is 0. The number of fused-ring (bicyclic) bond motifs is 1. The SMILES string of the molecule is C[C@@H]1Cc2cc(C(=O)N3CCN(C)CC3)ccc2N1S(=O)(=O)c1ccc(F)cc1. The van der Waals surface area contributed by atoms with E-state index >= 15 is 0 Å². The van der Waals surface area contributed by atoms with Crippen molar-refractivity contribution < 1.29 is 17.6 Å². The van der Waals surface area contributed by atoms with E-state index in [0.717, 1.165) is 30.8 Å². The van der Waals surface area contributed by atoms with Gasteiger partial charge < -0.3 is 9.80 Å². The molecule has 1 atom stereocenters. The Hall–Kier alpha value is -2.45. The van der Waals surface area contributed by atoms with E-state index < -0.39 is 15.8 Å². The van der Waals surface area contributed by atoms with E-state index in [-0.39, 0.29) is 16.8 Å². The van der Waals surface area contributed by atoms with Crippen molar-refractivity contribution in [1.82, 2.24) is 9.80 Å². The zero-order valence-electron chi connectivity index (χ0n) is 16.5. The number of hydrogen-bond acceptors (Lipinski definition) is 4. The van der Waals surface area contributed by atoms with Crippen molar-refractivity contribution >= 4 is 21.6 Å². The molecule has 2 aliphatic rings. The van der Waals surface area contributed by atoms with Gasteiger partial charge in [-0.05, 0) is 68.4 Å². The van der Waals surface area contributed by atoms with Crippen LogP contribution in [0.1, 0.15) is 22.8 Å². The number of halogens is 1. The third-order valence-corrected chi connectivity index (χ3v) is 7.58. The van der Waals surface area contributed by atoms with Crippen LogP contribution in [0.3, 0.4) is 0 Å². The standard InChI is InChI=1S/C21H24FN3O3S/c1-15-13-17-14-16(21(26)24-11-9-23(2)10-12-24)3-8-20(17)25(15)29(27,28)19-6-4-18(22)5-7-19/h3-8,14-15H,9-13H2,1-2H3/t15-/m1/s1. The lowest BCUT2D eigenvalue weighted by molar-refractivity contribution is 0.0664. The number of carbonyl (C=O) groups is 1. The fourth-order valence-electron chi connectivity index (χ4n) is 4.01. The zero-order chi connectivity index (χ0) is 20.8. The Balaban J connectivity index is 1.63. The van der Waals surface area contributed by atoms with Crippen LogP contribution in [0.5, 0.6) is 0 Å². The maximum Gasteiger partial charge on any atom is 0.264 e. The number of sulfonamides is 1. The Morgan fingerprint density at radius 1 is 1.03 bits per heavy atom. The molecule has 1 amide bonds.